The molecule has 4 aromatic rings. The van der Waals surface area contributed by atoms with Crippen LogP contribution >= 0.6 is 0 Å². The first-order valence-electron chi connectivity index (χ1n) is 9.78. The highest BCUT2D eigenvalue weighted by molar-refractivity contribution is 5.85. The number of methoxy groups -OCH3 is 1. The molecule has 0 aliphatic carbocycles. The van der Waals surface area contributed by atoms with E-state index in [1.807, 2.05) is 48.7 Å². The number of hydrogen-bond donors (Lipinski definition) is 1. The minimum atomic E-state index is -0.0210. The summed E-state index contributed by atoms with van der Waals surface area (Å²) in [4.78, 5) is 18.3. The maximum atomic E-state index is 12.8. The van der Waals surface area contributed by atoms with Crippen LogP contribution in [0, 0.1) is 0 Å². The van der Waals surface area contributed by atoms with Gasteiger partial charge in [0.25, 0.3) is 0 Å². The molecule has 1 aliphatic rings. The summed E-state index contributed by atoms with van der Waals surface area (Å²) in [5.74, 6) is 1.57. The van der Waals surface area contributed by atoms with Crippen molar-refractivity contribution in [2.24, 2.45) is 0 Å². The van der Waals surface area contributed by atoms with Crippen LogP contribution in [0.1, 0.15) is 0 Å². The molecular formula is C22H21N5O3. The number of aromatic amines is 1. The van der Waals surface area contributed by atoms with Gasteiger partial charge in [0.1, 0.15) is 17.3 Å². The predicted molar refractivity (Wildman–Crippen MR) is 115 cm³/mol. The number of ether oxygens (including phenoxy) is 2. The standard InChI is InChI=1S/C22H21N5O3/c1-29-17-4-2-3-16(12-17)27-14-20(24-25-27)15-5-6-19-18(11-15)21(28)13-22(23-19)26-7-9-30-10-8-26/h2-6,11-14H,7-10H2,1H3,(H,23,28). The molecule has 1 saturated heterocycles. The fourth-order valence-electron chi connectivity index (χ4n) is 3.64. The summed E-state index contributed by atoms with van der Waals surface area (Å²) in [6.45, 7) is 2.88. The Bertz CT molecular complexity index is 1260. The number of aromatic nitrogens is 4. The molecule has 0 saturated carbocycles. The van der Waals surface area contributed by atoms with Gasteiger partial charge in [-0.3, -0.25) is 4.79 Å². The first-order chi connectivity index (χ1) is 14.7. The first-order valence-corrected chi connectivity index (χ1v) is 9.78. The lowest BCUT2D eigenvalue weighted by Crippen LogP contribution is -2.37. The molecule has 1 N–H and O–H groups in total. The van der Waals surface area contributed by atoms with E-state index >= 15 is 0 Å². The molecule has 3 heterocycles. The van der Waals surface area contributed by atoms with Crippen LogP contribution in [0.2, 0.25) is 0 Å². The Labute approximate surface area is 172 Å². The second-order valence-electron chi connectivity index (χ2n) is 7.13. The second-order valence-corrected chi connectivity index (χ2v) is 7.13. The van der Waals surface area contributed by atoms with E-state index in [9.17, 15) is 4.79 Å². The molecule has 1 aliphatic heterocycles. The number of morpholine rings is 1. The van der Waals surface area contributed by atoms with Gasteiger partial charge in [-0.15, -0.1) is 5.10 Å². The molecule has 0 amide bonds. The Morgan fingerprint density at radius 2 is 1.97 bits per heavy atom. The molecule has 5 rings (SSSR count). The van der Waals surface area contributed by atoms with Gasteiger partial charge in [0, 0.05) is 36.2 Å². The van der Waals surface area contributed by atoms with Crippen molar-refractivity contribution in [3.8, 4) is 22.7 Å². The van der Waals surface area contributed by atoms with Gasteiger partial charge in [0.2, 0.25) is 0 Å². The molecule has 8 nitrogen and oxygen atoms in total. The lowest BCUT2D eigenvalue weighted by molar-refractivity contribution is 0.122. The number of rotatable bonds is 4. The Morgan fingerprint density at radius 1 is 1.10 bits per heavy atom. The van der Waals surface area contributed by atoms with E-state index in [2.05, 4.69) is 20.2 Å². The minimum Gasteiger partial charge on any atom is -0.497 e. The van der Waals surface area contributed by atoms with Crippen LogP contribution in [0.15, 0.2) is 59.5 Å². The molecule has 8 heteroatoms. The van der Waals surface area contributed by atoms with Gasteiger partial charge < -0.3 is 19.4 Å². The maximum Gasteiger partial charge on any atom is 0.191 e. The summed E-state index contributed by atoms with van der Waals surface area (Å²) >= 11 is 0. The fraction of sp³-hybridized carbons (Fsp3) is 0.227. The van der Waals surface area contributed by atoms with Gasteiger partial charge in [-0.2, -0.15) is 0 Å². The smallest absolute Gasteiger partial charge is 0.191 e. The number of fused-ring (bicyclic) bond motifs is 1. The van der Waals surface area contributed by atoms with Crippen molar-refractivity contribution in [1.82, 2.24) is 20.0 Å². The summed E-state index contributed by atoms with van der Waals surface area (Å²) < 4.78 is 12.4. The third-order valence-corrected chi connectivity index (χ3v) is 5.27. The summed E-state index contributed by atoms with van der Waals surface area (Å²) in [5.41, 5.74) is 3.15. The third kappa shape index (κ3) is 3.42. The second kappa shape index (κ2) is 7.64. The summed E-state index contributed by atoms with van der Waals surface area (Å²) in [5, 5.41) is 9.13. The van der Waals surface area contributed by atoms with E-state index < -0.39 is 0 Å². The number of hydrogen-bond acceptors (Lipinski definition) is 6. The van der Waals surface area contributed by atoms with Crippen molar-refractivity contribution in [3.63, 3.8) is 0 Å². The first kappa shape index (κ1) is 18.4. The number of benzene rings is 2. The number of nitrogens with zero attached hydrogens (tertiary/aromatic N) is 4. The monoisotopic (exact) mass is 403 g/mol. The van der Waals surface area contributed by atoms with Crippen LogP contribution in [-0.4, -0.2) is 53.4 Å². The maximum absolute atomic E-state index is 12.8. The molecule has 0 atom stereocenters. The Morgan fingerprint density at radius 3 is 2.80 bits per heavy atom. The van der Waals surface area contributed by atoms with Crippen molar-refractivity contribution in [2.45, 2.75) is 0 Å². The molecule has 152 valence electrons. The van der Waals surface area contributed by atoms with E-state index in [4.69, 9.17) is 9.47 Å². The molecule has 0 unspecified atom stereocenters. The van der Waals surface area contributed by atoms with Gasteiger partial charge >= 0.3 is 0 Å². The van der Waals surface area contributed by atoms with Crippen molar-refractivity contribution < 1.29 is 9.47 Å². The zero-order valence-electron chi connectivity index (χ0n) is 16.5. The van der Waals surface area contributed by atoms with E-state index in [-0.39, 0.29) is 5.43 Å². The molecule has 0 spiro atoms. The summed E-state index contributed by atoms with van der Waals surface area (Å²) in [6.07, 6.45) is 1.84. The number of H-pyrrole nitrogens is 1. The SMILES string of the molecule is COc1cccc(-n2cc(-c3ccc4[nH]c(N5CCOCC5)cc(=O)c4c3)nn2)c1. The highest BCUT2D eigenvalue weighted by Crippen LogP contribution is 2.23. The number of nitrogens with one attached hydrogen (secondary N) is 1. The topological polar surface area (TPSA) is 85.3 Å². The Hall–Kier alpha value is -3.65. The molecular weight excluding hydrogens is 382 g/mol. The Balaban J connectivity index is 1.49. The van der Waals surface area contributed by atoms with Crippen molar-refractivity contribution >= 4 is 16.7 Å². The van der Waals surface area contributed by atoms with Gasteiger partial charge in [0.15, 0.2) is 5.43 Å². The Kier molecular flexibility index (Phi) is 4.68. The zero-order chi connectivity index (χ0) is 20.5. The van der Waals surface area contributed by atoms with Crippen molar-refractivity contribution in [2.75, 3.05) is 38.3 Å². The van der Waals surface area contributed by atoms with Gasteiger partial charge in [-0.25, -0.2) is 4.68 Å². The molecule has 0 bridgehead atoms. The van der Waals surface area contributed by atoms with E-state index in [0.29, 0.717) is 24.3 Å². The largest absolute Gasteiger partial charge is 0.497 e. The fourth-order valence-corrected chi connectivity index (χ4v) is 3.64. The van der Waals surface area contributed by atoms with Crippen LogP contribution in [0.3, 0.4) is 0 Å². The lowest BCUT2D eigenvalue weighted by atomic mass is 10.1. The van der Waals surface area contributed by atoms with Crippen molar-refractivity contribution in [3.05, 3.63) is 65.0 Å². The quantitative estimate of drug-likeness (QED) is 0.564. The number of anilines is 1. The van der Waals surface area contributed by atoms with Gasteiger partial charge in [-0.1, -0.05) is 17.3 Å². The average Bonchev–Trinajstić information content (AvgIpc) is 3.30. The lowest BCUT2D eigenvalue weighted by Gasteiger charge is -2.28. The zero-order valence-corrected chi connectivity index (χ0v) is 16.5. The normalized spacial score (nSPS) is 14.2. The van der Waals surface area contributed by atoms with Crippen LogP contribution in [0.4, 0.5) is 5.82 Å². The summed E-state index contributed by atoms with van der Waals surface area (Å²) in [6, 6.07) is 15.0. The van der Waals surface area contributed by atoms with Crippen LogP contribution in [-0.2, 0) is 4.74 Å². The van der Waals surface area contributed by atoms with Gasteiger partial charge in [0.05, 0.1) is 37.7 Å². The van der Waals surface area contributed by atoms with E-state index in [1.54, 1.807) is 17.9 Å². The summed E-state index contributed by atoms with van der Waals surface area (Å²) in [7, 11) is 1.63. The minimum absolute atomic E-state index is 0.0210. The predicted octanol–water partition coefficient (Wildman–Crippen LogP) is 2.62. The molecule has 30 heavy (non-hydrogen) atoms. The molecule has 1 fully saturated rings. The molecule has 2 aromatic carbocycles. The molecule has 2 aromatic heterocycles. The van der Waals surface area contributed by atoms with Crippen molar-refractivity contribution in [1.29, 1.82) is 0 Å². The average molecular weight is 403 g/mol. The van der Waals surface area contributed by atoms with Gasteiger partial charge in [-0.05, 0) is 24.3 Å². The van der Waals surface area contributed by atoms with Crippen LogP contribution in [0.5, 0.6) is 5.75 Å². The number of pyridine rings is 1. The van der Waals surface area contributed by atoms with Crippen LogP contribution < -0.4 is 15.1 Å². The third-order valence-electron chi connectivity index (χ3n) is 5.27. The van der Waals surface area contributed by atoms with E-state index in [0.717, 1.165) is 41.4 Å². The van der Waals surface area contributed by atoms with E-state index in [1.165, 1.54) is 0 Å². The highest BCUT2D eigenvalue weighted by Gasteiger charge is 2.14. The van der Waals surface area contributed by atoms with Crippen LogP contribution in [0.25, 0.3) is 27.8 Å². The highest BCUT2D eigenvalue weighted by atomic mass is 16.5. The molecule has 0 radical (unpaired) electrons.